The Balaban J connectivity index is 1.60. The number of fused-ring (bicyclic) bond motifs is 1. The Labute approximate surface area is 179 Å². The monoisotopic (exact) mass is 420 g/mol. The number of methoxy groups -OCH3 is 1. The predicted molar refractivity (Wildman–Crippen MR) is 120 cm³/mol. The molecule has 0 aliphatic carbocycles. The van der Waals surface area contributed by atoms with Crippen LogP contribution in [0.4, 0.5) is 5.82 Å². The van der Waals surface area contributed by atoms with Crippen molar-refractivity contribution >= 4 is 28.5 Å². The number of nitrogen functional groups attached to an aromatic ring is 1. The summed E-state index contributed by atoms with van der Waals surface area (Å²) in [6, 6.07) is 15.7. The van der Waals surface area contributed by atoms with Gasteiger partial charge in [-0.3, -0.25) is 0 Å². The molecule has 4 rings (SSSR count). The van der Waals surface area contributed by atoms with Gasteiger partial charge in [-0.05, 0) is 42.8 Å². The lowest BCUT2D eigenvalue weighted by Gasteiger charge is -2.10. The molecule has 30 heavy (non-hydrogen) atoms. The molecule has 7 nitrogen and oxygen atoms in total. The molecule has 0 saturated heterocycles. The van der Waals surface area contributed by atoms with Crippen molar-refractivity contribution < 1.29 is 4.74 Å². The van der Waals surface area contributed by atoms with Crippen LogP contribution in [0.5, 0.6) is 5.75 Å². The second kappa shape index (κ2) is 9.13. The van der Waals surface area contributed by atoms with Crippen LogP contribution in [0.1, 0.15) is 25.6 Å². The third kappa shape index (κ3) is 4.23. The second-order valence-corrected chi connectivity index (χ2v) is 7.81. The molecule has 0 aliphatic rings. The number of benzene rings is 2. The Morgan fingerprint density at radius 1 is 1.03 bits per heavy atom. The van der Waals surface area contributed by atoms with E-state index in [-0.39, 0.29) is 0 Å². The van der Waals surface area contributed by atoms with Crippen molar-refractivity contribution in [3.63, 3.8) is 0 Å². The summed E-state index contributed by atoms with van der Waals surface area (Å²) in [4.78, 5) is 9.11. The maximum absolute atomic E-state index is 6.12. The first kappa shape index (κ1) is 20.2. The number of nitrogens with zero attached hydrogens (tertiary/aromatic N) is 5. The fourth-order valence-electron chi connectivity index (χ4n) is 3.21. The van der Waals surface area contributed by atoms with E-state index in [0.29, 0.717) is 17.4 Å². The Morgan fingerprint density at radius 2 is 1.83 bits per heavy atom. The number of ether oxygens (including phenoxy) is 1. The van der Waals surface area contributed by atoms with Gasteiger partial charge >= 0.3 is 0 Å². The average Bonchev–Trinajstić information content (AvgIpc) is 3.19. The standard InChI is InChI=1S/C22H24N6OS/c1-3-4-13-28-21(15-9-11-16(29-2)12-10-15)26-27-22(28)30-14-19-24-18-8-6-5-7-17(18)20(23)25-19/h5-12H,3-4,13-14H2,1-2H3,(H2,23,24,25). The van der Waals surface area contributed by atoms with E-state index in [1.165, 1.54) is 0 Å². The number of para-hydroxylation sites is 1. The Kier molecular flexibility index (Phi) is 6.13. The van der Waals surface area contributed by atoms with Gasteiger partial charge in [0.15, 0.2) is 11.0 Å². The van der Waals surface area contributed by atoms with Crippen molar-refractivity contribution in [2.75, 3.05) is 12.8 Å². The van der Waals surface area contributed by atoms with Crippen LogP contribution in [0, 0.1) is 0 Å². The molecular weight excluding hydrogens is 396 g/mol. The smallest absolute Gasteiger partial charge is 0.191 e. The van der Waals surface area contributed by atoms with Crippen LogP contribution in [0.3, 0.4) is 0 Å². The number of rotatable bonds is 8. The van der Waals surface area contributed by atoms with E-state index in [0.717, 1.165) is 52.6 Å². The van der Waals surface area contributed by atoms with E-state index in [4.69, 9.17) is 10.5 Å². The van der Waals surface area contributed by atoms with Gasteiger partial charge in [0.05, 0.1) is 18.4 Å². The molecule has 0 aliphatic heterocycles. The molecule has 2 aromatic carbocycles. The van der Waals surface area contributed by atoms with Gasteiger partial charge in [0.25, 0.3) is 0 Å². The number of hydrogen-bond donors (Lipinski definition) is 1. The van der Waals surface area contributed by atoms with E-state index in [1.54, 1.807) is 18.9 Å². The van der Waals surface area contributed by atoms with Gasteiger partial charge in [0.2, 0.25) is 0 Å². The zero-order chi connectivity index (χ0) is 20.9. The first-order valence-corrected chi connectivity index (χ1v) is 10.9. The highest BCUT2D eigenvalue weighted by molar-refractivity contribution is 7.98. The van der Waals surface area contributed by atoms with Crippen LogP contribution in [0.2, 0.25) is 0 Å². The van der Waals surface area contributed by atoms with Gasteiger partial charge < -0.3 is 15.0 Å². The van der Waals surface area contributed by atoms with Crippen LogP contribution < -0.4 is 10.5 Å². The summed E-state index contributed by atoms with van der Waals surface area (Å²) in [6.45, 7) is 3.03. The zero-order valence-corrected chi connectivity index (χ0v) is 17.9. The van der Waals surface area contributed by atoms with E-state index in [9.17, 15) is 0 Å². The lowest BCUT2D eigenvalue weighted by molar-refractivity contribution is 0.415. The van der Waals surface area contributed by atoms with E-state index in [2.05, 4.69) is 31.7 Å². The number of anilines is 1. The summed E-state index contributed by atoms with van der Waals surface area (Å²) >= 11 is 1.58. The fourth-order valence-corrected chi connectivity index (χ4v) is 4.03. The molecular formula is C22H24N6OS. The van der Waals surface area contributed by atoms with E-state index >= 15 is 0 Å². The van der Waals surface area contributed by atoms with Gasteiger partial charge in [-0.25, -0.2) is 9.97 Å². The highest BCUT2D eigenvalue weighted by atomic mass is 32.2. The Morgan fingerprint density at radius 3 is 2.60 bits per heavy atom. The molecule has 0 radical (unpaired) electrons. The summed E-state index contributed by atoms with van der Waals surface area (Å²) < 4.78 is 7.43. The number of nitrogens with two attached hydrogens (primary N) is 1. The molecule has 0 atom stereocenters. The molecule has 4 aromatic rings. The van der Waals surface area contributed by atoms with Crippen molar-refractivity contribution in [1.82, 2.24) is 24.7 Å². The Bertz CT molecular complexity index is 1140. The number of unbranched alkanes of at least 4 members (excludes halogenated alkanes) is 1. The van der Waals surface area contributed by atoms with Crippen molar-refractivity contribution in [1.29, 1.82) is 0 Å². The normalized spacial score (nSPS) is 11.1. The fraction of sp³-hybridized carbons (Fsp3) is 0.273. The van der Waals surface area contributed by atoms with Crippen LogP contribution in [0.25, 0.3) is 22.3 Å². The lowest BCUT2D eigenvalue weighted by Crippen LogP contribution is -2.04. The van der Waals surface area contributed by atoms with Crippen LogP contribution >= 0.6 is 11.8 Å². The van der Waals surface area contributed by atoms with Crippen molar-refractivity contribution in [2.45, 2.75) is 37.2 Å². The van der Waals surface area contributed by atoms with Gasteiger partial charge in [0, 0.05) is 17.5 Å². The first-order valence-electron chi connectivity index (χ1n) is 9.91. The predicted octanol–water partition coefficient (Wildman–Crippen LogP) is 4.57. The SMILES string of the molecule is CCCCn1c(SCc2nc(N)c3ccccc3n2)nnc1-c1ccc(OC)cc1. The molecule has 0 spiro atoms. The van der Waals surface area contributed by atoms with Crippen molar-refractivity contribution in [3.05, 3.63) is 54.4 Å². The van der Waals surface area contributed by atoms with Crippen molar-refractivity contribution in [2.24, 2.45) is 0 Å². The average molecular weight is 421 g/mol. The maximum Gasteiger partial charge on any atom is 0.191 e. The molecule has 0 unspecified atom stereocenters. The summed E-state index contributed by atoms with van der Waals surface area (Å²) in [5.41, 5.74) is 7.99. The molecule has 2 N–H and O–H groups in total. The molecule has 0 amide bonds. The summed E-state index contributed by atoms with van der Waals surface area (Å²) in [7, 11) is 1.66. The minimum absolute atomic E-state index is 0.502. The van der Waals surface area contributed by atoms with E-state index < -0.39 is 0 Å². The summed E-state index contributed by atoms with van der Waals surface area (Å²) in [5, 5.41) is 10.6. The van der Waals surface area contributed by atoms with E-state index in [1.807, 2.05) is 48.5 Å². The lowest BCUT2D eigenvalue weighted by atomic mass is 10.2. The molecule has 154 valence electrons. The first-order chi connectivity index (χ1) is 14.7. The molecule has 2 heterocycles. The van der Waals surface area contributed by atoms with Crippen LogP contribution in [-0.4, -0.2) is 31.8 Å². The summed E-state index contributed by atoms with van der Waals surface area (Å²) in [5.74, 6) is 3.43. The molecule has 2 aromatic heterocycles. The van der Waals surface area contributed by atoms with Crippen LogP contribution in [0.15, 0.2) is 53.7 Å². The highest BCUT2D eigenvalue weighted by Crippen LogP contribution is 2.28. The number of hydrogen-bond acceptors (Lipinski definition) is 7. The van der Waals surface area contributed by atoms with Crippen LogP contribution in [-0.2, 0) is 12.3 Å². The number of aromatic nitrogens is 5. The minimum atomic E-state index is 0.502. The van der Waals surface area contributed by atoms with Crippen molar-refractivity contribution in [3.8, 4) is 17.1 Å². The van der Waals surface area contributed by atoms with Gasteiger partial charge in [-0.1, -0.05) is 37.2 Å². The molecule has 0 saturated carbocycles. The quantitative estimate of drug-likeness (QED) is 0.417. The topological polar surface area (TPSA) is 91.7 Å². The molecule has 0 bridgehead atoms. The largest absolute Gasteiger partial charge is 0.497 e. The Hall–Kier alpha value is -3.13. The summed E-state index contributed by atoms with van der Waals surface area (Å²) in [6.07, 6.45) is 2.14. The zero-order valence-electron chi connectivity index (χ0n) is 17.1. The molecule has 8 heteroatoms. The minimum Gasteiger partial charge on any atom is -0.497 e. The van der Waals surface area contributed by atoms with Gasteiger partial charge in [-0.15, -0.1) is 10.2 Å². The highest BCUT2D eigenvalue weighted by Gasteiger charge is 2.15. The third-order valence-electron chi connectivity index (χ3n) is 4.81. The number of thioether (sulfide) groups is 1. The second-order valence-electron chi connectivity index (χ2n) is 6.87. The molecule has 0 fully saturated rings. The van der Waals surface area contributed by atoms with Gasteiger partial charge in [0.1, 0.15) is 17.4 Å². The maximum atomic E-state index is 6.12. The third-order valence-corrected chi connectivity index (χ3v) is 5.77. The van der Waals surface area contributed by atoms with Gasteiger partial charge in [-0.2, -0.15) is 0 Å².